The molecule has 10 nitrogen and oxygen atoms in total. The van der Waals surface area contributed by atoms with Crippen LogP contribution in [0.4, 0.5) is 5.69 Å². The molecule has 0 spiro atoms. The summed E-state index contributed by atoms with van der Waals surface area (Å²) in [5, 5.41) is 26.6. The van der Waals surface area contributed by atoms with E-state index in [4.69, 9.17) is 5.11 Å². The molecule has 0 aliphatic heterocycles. The van der Waals surface area contributed by atoms with Crippen LogP contribution in [0, 0.1) is 15.5 Å². The number of benzene rings is 1. The molecule has 0 unspecified atom stereocenters. The molecule has 0 aliphatic rings. The molecule has 10 heteroatoms. The molecule has 24 heavy (non-hydrogen) atoms. The quantitative estimate of drug-likeness (QED) is 0.594. The van der Waals surface area contributed by atoms with Crippen molar-refractivity contribution in [1.29, 1.82) is 0 Å². The zero-order valence-corrected chi connectivity index (χ0v) is 13.0. The van der Waals surface area contributed by atoms with Crippen LogP contribution in [0.3, 0.4) is 0 Å². The van der Waals surface area contributed by atoms with Crippen molar-refractivity contribution in [3.8, 4) is 5.69 Å². The van der Waals surface area contributed by atoms with Crippen LogP contribution in [0.1, 0.15) is 24.2 Å². The molecule has 126 valence electrons. The fourth-order valence-electron chi connectivity index (χ4n) is 1.82. The first-order valence-corrected chi connectivity index (χ1v) is 6.87. The topological polar surface area (TPSA) is 140 Å². The number of hydrogen-bond acceptors (Lipinski definition) is 6. The third-order valence-electron chi connectivity index (χ3n) is 3.37. The maximum absolute atomic E-state index is 12.1. The van der Waals surface area contributed by atoms with Gasteiger partial charge in [0.25, 0.3) is 11.6 Å². The van der Waals surface area contributed by atoms with Crippen molar-refractivity contribution in [1.82, 2.24) is 20.1 Å². The predicted octanol–water partition coefficient (Wildman–Crippen LogP) is 1.02. The number of aliphatic carboxylic acids is 1. The first kappa shape index (κ1) is 17.1. The van der Waals surface area contributed by atoms with Gasteiger partial charge in [-0.05, 0) is 26.0 Å². The minimum Gasteiger partial charge on any atom is -0.481 e. The second kappa shape index (κ2) is 6.44. The van der Waals surface area contributed by atoms with Crippen molar-refractivity contribution in [2.75, 3.05) is 6.54 Å². The number of carboxylic acids is 1. The molecule has 2 N–H and O–H groups in total. The summed E-state index contributed by atoms with van der Waals surface area (Å²) in [5.41, 5.74) is -1.25. The van der Waals surface area contributed by atoms with Crippen LogP contribution in [-0.4, -0.2) is 43.2 Å². The Kier molecular flexibility index (Phi) is 4.58. The summed E-state index contributed by atoms with van der Waals surface area (Å²) >= 11 is 0. The van der Waals surface area contributed by atoms with Gasteiger partial charge >= 0.3 is 5.97 Å². The lowest BCUT2D eigenvalue weighted by atomic mass is 9.94. The van der Waals surface area contributed by atoms with Gasteiger partial charge in [0.1, 0.15) is 18.3 Å². The fraction of sp³-hybridized carbons (Fsp3) is 0.286. The number of nitro benzene ring substituents is 1. The van der Waals surface area contributed by atoms with Gasteiger partial charge in [-0.1, -0.05) is 0 Å². The van der Waals surface area contributed by atoms with E-state index in [0.29, 0.717) is 0 Å². The van der Waals surface area contributed by atoms with E-state index in [1.165, 1.54) is 43.3 Å². The van der Waals surface area contributed by atoms with Crippen LogP contribution in [0.5, 0.6) is 0 Å². The van der Waals surface area contributed by atoms with Gasteiger partial charge in [-0.3, -0.25) is 19.7 Å². The van der Waals surface area contributed by atoms with Crippen molar-refractivity contribution in [2.45, 2.75) is 13.8 Å². The molecule has 0 radical (unpaired) electrons. The molecule has 1 amide bonds. The zero-order chi connectivity index (χ0) is 17.9. The Morgan fingerprint density at radius 3 is 2.67 bits per heavy atom. The number of amides is 1. The van der Waals surface area contributed by atoms with Crippen LogP contribution in [0.25, 0.3) is 5.69 Å². The number of nitro groups is 1. The van der Waals surface area contributed by atoms with E-state index in [9.17, 15) is 19.7 Å². The average molecular weight is 333 g/mol. The second-order valence-corrected chi connectivity index (χ2v) is 5.67. The minimum atomic E-state index is -1.15. The molecule has 0 bridgehead atoms. The van der Waals surface area contributed by atoms with Crippen molar-refractivity contribution >= 4 is 17.6 Å². The average Bonchev–Trinajstić information content (AvgIpc) is 3.06. The van der Waals surface area contributed by atoms with Gasteiger partial charge in [-0.25, -0.2) is 9.67 Å². The van der Waals surface area contributed by atoms with Crippen LogP contribution in [0.2, 0.25) is 0 Å². The van der Waals surface area contributed by atoms with E-state index < -0.39 is 22.2 Å². The van der Waals surface area contributed by atoms with Crippen molar-refractivity contribution in [3.63, 3.8) is 0 Å². The highest BCUT2D eigenvalue weighted by Gasteiger charge is 2.28. The number of aromatic nitrogens is 3. The largest absolute Gasteiger partial charge is 0.481 e. The SMILES string of the molecule is CC(C)(CNC(=O)c1ccc(-n2cncn2)c([N+](=O)[O-])c1)C(=O)O. The van der Waals surface area contributed by atoms with Gasteiger partial charge in [0.2, 0.25) is 0 Å². The number of hydrogen-bond donors (Lipinski definition) is 2. The first-order chi connectivity index (χ1) is 11.2. The highest BCUT2D eigenvalue weighted by atomic mass is 16.6. The van der Waals surface area contributed by atoms with Crippen LogP contribution in [-0.2, 0) is 4.79 Å². The Bertz CT molecular complexity index is 785. The summed E-state index contributed by atoms with van der Waals surface area (Å²) in [5.74, 6) is -1.66. The molecule has 2 rings (SSSR count). The van der Waals surface area contributed by atoms with Crippen LogP contribution >= 0.6 is 0 Å². The number of nitrogens with zero attached hydrogens (tertiary/aromatic N) is 4. The maximum atomic E-state index is 12.1. The molecule has 1 aromatic carbocycles. The number of carbonyl (C=O) groups excluding carboxylic acids is 1. The smallest absolute Gasteiger partial charge is 0.310 e. The Labute approximate surface area is 136 Å². The molecule has 0 saturated heterocycles. The molecular weight excluding hydrogens is 318 g/mol. The van der Waals surface area contributed by atoms with Crippen molar-refractivity contribution in [2.24, 2.45) is 5.41 Å². The summed E-state index contributed by atoms with van der Waals surface area (Å²) in [6.07, 6.45) is 2.54. The Morgan fingerprint density at radius 1 is 1.42 bits per heavy atom. The molecule has 1 heterocycles. The van der Waals surface area contributed by atoms with Gasteiger partial charge < -0.3 is 10.4 Å². The Balaban J connectivity index is 2.26. The Hall–Kier alpha value is -3.30. The minimum absolute atomic E-state index is 0.0479. The molecule has 0 saturated carbocycles. The van der Waals surface area contributed by atoms with Crippen LogP contribution < -0.4 is 5.32 Å². The van der Waals surface area contributed by atoms with Gasteiger partial charge in [0.15, 0.2) is 0 Å². The molecular formula is C14H15N5O5. The lowest BCUT2D eigenvalue weighted by Crippen LogP contribution is -2.38. The fourth-order valence-corrected chi connectivity index (χ4v) is 1.82. The van der Waals surface area contributed by atoms with E-state index >= 15 is 0 Å². The van der Waals surface area contributed by atoms with Crippen LogP contribution in [0.15, 0.2) is 30.9 Å². The van der Waals surface area contributed by atoms with Crippen molar-refractivity contribution in [3.05, 3.63) is 46.5 Å². The highest BCUT2D eigenvalue weighted by molar-refractivity contribution is 5.95. The maximum Gasteiger partial charge on any atom is 0.310 e. The third-order valence-corrected chi connectivity index (χ3v) is 3.37. The van der Waals surface area contributed by atoms with Gasteiger partial charge in [0, 0.05) is 18.2 Å². The summed E-state index contributed by atoms with van der Waals surface area (Å²) in [7, 11) is 0. The van der Waals surface area contributed by atoms with Gasteiger partial charge in [-0.15, -0.1) is 0 Å². The van der Waals surface area contributed by atoms with E-state index in [-0.39, 0.29) is 23.5 Å². The summed E-state index contributed by atoms with van der Waals surface area (Å²) in [4.78, 5) is 37.5. The second-order valence-electron chi connectivity index (χ2n) is 5.67. The summed E-state index contributed by atoms with van der Waals surface area (Å²) in [6, 6.07) is 3.89. The summed E-state index contributed by atoms with van der Waals surface area (Å²) < 4.78 is 1.22. The lowest BCUT2D eigenvalue weighted by molar-refractivity contribution is -0.384. The lowest BCUT2D eigenvalue weighted by Gasteiger charge is -2.19. The number of carbonyl (C=O) groups is 2. The number of carboxylic acid groups (broad SMARTS) is 1. The molecule has 0 fully saturated rings. The van der Waals surface area contributed by atoms with E-state index in [1.807, 2.05) is 0 Å². The first-order valence-electron chi connectivity index (χ1n) is 6.87. The van der Waals surface area contributed by atoms with Crippen molar-refractivity contribution < 1.29 is 19.6 Å². The van der Waals surface area contributed by atoms with E-state index in [0.717, 1.165) is 6.07 Å². The number of rotatable bonds is 6. The standard InChI is InChI=1S/C14H15N5O5/c1-14(2,13(21)22)6-16-12(20)9-3-4-10(11(5-9)19(23)24)18-8-15-7-17-18/h3-5,7-8H,6H2,1-2H3,(H,16,20)(H,21,22). The molecule has 2 aromatic rings. The number of nitrogens with one attached hydrogen (secondary N) is 1. The predicted molar refractivity (Wildman–Crippen MR) is 81.8 cm³/mol. The van der Waals surface area contributed by atoms with E-state index in [2.05, 4.69) is 15.4 Å². The molecule has 0 aliphatic carbocycles. The zero-order valence-electron chi connectivity index (χ0n) is 13.0. The monoisotopic (exact) mass is 333 g/mol. The molecule has 1 aromatic heterocycles. The third kappa shape index (κ3) is 3.54. The molecule has 0 atom stereocenters. The van der Waals surface area contributed by atoms with Gasteiger partial charge in [-0.2, -0.15) is 5.10 Å². The van der Waals surface area contributed by atoms with E-state index in [1.54, 1.807) is 0 Å². The normalized spacial score (nSPS) is 11.1. The van der Waals surface area contributed by atoms with Gasteiger partial charge in [0.05, 0.1) is 10.3 Å². The summed E-state index contributed by atoms with van der Waals surface area (Å²) in [6.45, 7) is 2.82. The Morgan fingerprint density at radius 2 is 2.12 bits per heavy atom. The highest BCUT2D eigenvalue weighted by Crippen LogP contribution is 2.23.